The number of piperidine rings is 1. The Labute approximate surface area is 169 Å². The fourth-order valence-corrected chi connectivity index (χ4v) is 4.68. The predicted octanol–water partition coefficient (Wildman–Crippen LogP) is 2.20. The molecule has 2 aromatic rings. The fraction of sp³-hybridized carbons (Fsp3) is 0.474. The second-order valence-electron chi connectivity index (χ2n) is 7.77. The van der Waals surface area contributed by atoms with Crippen LogP contribution in [0.4, 0.5) is 17.5 Å². The summed E-state index contributed by atoms with van der Waals surface area (Å²) >= 11 is 6.15. The van der Waals surface area contributed by atoms with E-state index >= 15 is 0 Å². The van der Waals surface area contributed by atoms with Gasteiger partial charge in [-0.25, -0.2) is 15.0 Å². The molecule has 1 spiro atoms. The molecule has 2 aliphatic rings. The third-order valence-electron chi connectivity index (χ3n) is 6.23. The number of hydrogen-bond acceptors (Lipinski definition) is 8. The zero-order chi connectivity index (χ0) is 19.9. The van der Waals surface area contributed by atoms with E-state index < -0.39 is 0 Å². The molecule has 148 valence electrons. The highest BCUT2D eigenvalue weighted by Gasteiger charge is 2.43. The Morgan fingerprint density at radius 1 is 1.18 bits per heavy atom. The zero-order valence-electron chi connectivity index (χ0n) is 15.7. The van der Waals surface area contributed by atoms with Gasteiger partial charge in [-0.3, -0.25) is 5.41 Å². The molecule has 2 aromatic heterocycles. The summed E-state index contributed by atoms with van der Waals surface area (Å²) in [5.74, 6) is 1.21. The minimum absolute atomic E-state index is 0.0742. The van der Waals surface area contributed by atoms with Crippen molar-refractivity contribution in [2.45, 2.75) is 38.1 Å². The van der Waals surface area contributed by atoms with Crippen LogP contribution < -0.4 is 22.1 Å². The smallest absolute Gasteiger partial charge is 0.154 e. The quantitative estimate of drug-likeness (QED) is 0.578. The minimum atomic E-state index is 0.0742. The molecule has 1 atom stereocenters. The summed E-state index contributed by atoms with van der Waals surface area (Å²) < 4.78 is 0. The monoisotopic (exact) mass is 400 g/mol. The van der Waals surface area contributed by atoms with Crippen LogP contribution in [0, 0.1) is 10.8 Å². The van der Waals surface area contributed by atoms with Crippen molar-refractivity contribution in [2.24, 2.45) is 11.1 Å². The number of nitrogens with two attached hydrogens (primary N) is 3. The second-order valence-corrected chi connectivity index (χ2v) is 8.18. The normalized spacial score (nSPS) is 21.2. The number of rotatable bonds is 3. The second kappa shape index (κ2) is 7.18. The number of aromatic nitrogens is 3. The number of nitrogen functional groups attached to an aromatic ring is 2. The number of hydrogen-bond donors (Lipinski definition) is 4. The molecule has 0 unspecified atom stereocenters. The van der Waals surface area contributed by atoms with Gasteiger partial charge in [0.15, 0.2) is 5.82 Å². The molecule has 2 fully saturated rings. The highest BCUT2D eigenvalue weighted by Crippen LogP contribution is 2.45. The molecule has 1 saturated heterocycles. The van der Waals surface area contributed by atoms with Gasteiger partial charge in [-0.05, 0) is 37.2 Å². The molecule has 0 aromatic carbocycles. The summed E-state index contributed by atoms with van der Waals surface area (Å²) in [4.78, 5) is 15.0. The van der Waals surface area contributed by atoms with Gasteiger partial charge in [0.1, 0.15) is 17.3 Å². The summed E-state index contributed by atoms with van der Waals surface area (Å²) in [5.41, 5.74) is 19.3. The van der Waals surface area contributed by atoms with Gasteiger partial charge in [-0.1, -0.05) is 18.0 Å². The minimum Gasteiger partial charge on any atom is -0.384 e. The average molecular weight is 401 g/mol. The molecule has 7 N–H and O–H groups in total. The molecule has 1 aliphatic heterocycles. The van der Waals surface area contributed by atoms with E-state index in [2.05, 4.69) is 19.9 Å². The number of anilines is 3. The van der Waals surface area contributed by atoms with Crippen LogP contribution in [0.25, 0.3) is 0 Å². The largest absolute Gasteiger partial charge is 0.384 e. The Bertz CT molecular complexity index is 907. The van der Waals surface area contributed by atoms with Crippen LogP contribution in [-0.2, 0) is 0 Å². The molecule has 1 saturated carbocycles. The number of nitrogens with zero attached hydrogens (tertiary/aromatic N) is 4. The molecule has 3 heterocycles. The third-order valence-corrected chi connectivity index (χ3v) is 6.53. The first-order valence-corrected chi connectivity index (χ1v) is 9.91. The predicted molar refractivity (Wildman–Crippen MR) is 112 cm³/mol. The molecular weight excluding hydrogens is 376 g/mol. The summed E-state index contributed by atoms with van der Waals surface area (Å²) in [5, 5.41) is 8.74. The first-order chi connectivity index (χ1) is 13.4. The maximum absolute atomic E-state index is 8.42. The summed E-state index contributed by atoms with van der Waals surface area (Å²) in [6.07, 6.45) is 8.81. The Kier molecular flexibility index (Phi) is 4.84. The van der Waals surface area contributed by atoms with Gasteiger partial charge >= 0.3 is 0 Å². The van der Waals surface area contributed by atoms with Gasteiger partial charge in [0.2, 0.25) is 0 Å². The van der Waals surface area contributed by atoms with E-state index in [1.54, 1.807) is 6.20 Å². The molecule has 0 radical (unpaired) electrons. The summed E-state index contributed by atoms with van der Waals surface area (Å²) in [6.45, 7) is 1.79. The van der Waals surface area contributed by atoms with Crippen LogP contribution in [0.5, 0.6) is 0 Å². The highest BCUT2D eigenvalue weighted by atomic mass is 35.5. The van der Waals surface area contributed by atoms with E-state index in [0.717, 1.165) is 38.2 Å². The van der Waals surface area contributed by atoms with Crippen LogP contribution in [-0.4, -0.2) is 39.8 Å². The van der Waals surface area contributed by atoms with Crippen molar-refractivity contribution in [3.63, 3.8) is 0 Å². The van der Waals surface area contributed by atoms with Crippen LogP contribution in [0.3, 0.4) is 0 Å². The van der Waals surface area contributed by atoms with E-state index in [9.17, 15) is 0 Å². The zero-order valence-corrected chi connectivity index (χ0v) is 16.4. The number of halogens is 1. The van der Waals surface area contributed by atoms with E-state index in [1.807, 2.05) is 0 Å². The van der Waals surface area contributed by atoms with Crippen LogP contribution >= 0.6 is 11.6 Å². The first-order valence-electron chi connectivity index (χ1n) is 9.53. The van der Waals surface area contributed by atoms with E-state index in [1.165, 1.54) is 25.1 Å². The third kappa shape index (κ3) is 3.27. The molecule has 9 heteroatoms. The molecule has 0 bridgehead atoms. The van der Waals surface area contributed by atoms with Gasteiger partial charge in [-0.2, -0.15) is 0 Å². The van der Waals surface area contributed by atoms with Crippen LogP contribution in [0.1, 0.15) is 43.4 Å². The van der Waals surface area contributed by atoms with Gasteiger partial charge in [-0.15, -0.1) is 0 Å². The molecule has 8 nitrogen and oxygen atoms in total. The van der Waals surface area contributed by atoms with Crippen molar-refractivity contribution >= 4 is 34.8 Å². The standard InChI is InChI=1S/C19H25ClN8/c20-12-9-25-14(22)8-11(12)16(23)17-18(24)27-15(10-26-17)28-6-4-19(5-7-28)3-1-2-13(19)21/h8-10,13,23H,1-7,21H2,(H2,22,25)(H2,24,27)/t13-/m1/s1. The van der Waals surface area contributed by atoms with Gasteiger partial charge in [0.25, 0.3) is 0 Å². The number of nitrogens with one attached hydrogen (secondary N) is 1. The summed E-state index contributed by atoms with van der Waals surface area (Å²) in [7, 11) is 0. The molecule has 1 aliphatic carbocycles. The highest BCUT2D eigenvalue weighted by molar-refractivity contribution is 6.35. The average Bonchev–Trinajstić information content (AvgIpc) is 3.03. The van der Waals surface area contributed by atoms with E-state index in [-0.39, 0.29) is 28.5 Å². The van der Waals surface area contributed by atoms with Crippen LogP contribution in [0.15, 0.2) is 18.5 Å². The lowest BCUT2D eigenvalue weighted by atomic mass is 9.74. The van der Waals surface area contributed by atoms with Gasteiger partial charge in [0, 0.05) is 30.9 Å². The van der Waals surface area contributed by atoms with Crippen molar-refractivity contribution in [3.8, 4) is 0 Å². The lowest BCUT2D eigenvalue weighted by Gasteiger charge is -2.42. The first kappa shape index (κ1) is 18.9. The van der Waals surface area contributed by atoms with Crippen molar-refractivity contribution in [1.82, 2.24) is 15.0 Å². The lowest BCUT2D eigenvalue weighted by Crippen LogP contribution is -2.47. The molecular formula is C19H25ClN8. The van der Waals surface area contributed by atoms with Crippen molar-refractivity contribution in [3.05, 3.63) is 34.7 Å². The Balaban J connectivity index is 1.52. The van der Waals surface area contributed by atoms with Crippen molar-refractivity contribution in [2.75, 3.05) is 29.5 Å². The van der Waals surface area contributed by atoms with E-state index in [0.29, 0.717) is 16.6 Å². The van der Waals surface area contributed by atoms with Crippen LogP contribution in [0.2, 0.25) is 5.02 Å². The molecule has 0 amide bonds. The summed E-state index contributed by atoms with van der Waals surface area (Å²) in [6, 6.07) is 1.85. The maximum atomic E-state index is 8.42. The topological polar surface area (TPSA) is 144 Å². The Morgan fingerprint density at radius 3 is 2.57 bits per heavy atom. The Morgan fingerprint density at radius 2 is 1.93 bits per heavy atom. The lowest BCUT2D eigenvalue weighted by molar-refractivity contribution is 0.197. The van der Waals surface area contributed by atoms with Crippen molar-refractivity contribution in [1.29, 1.82) is 5.41 Å². The van der Waals surface area contributed by atoms with Gasteiger partial charge in [0.05, 0.1) is 16.9 Å². The van der Waals surface area contributed by atoms with Gasteiger partial charge < -0.3 is 22.1 Å². The SMILES string of the molecule is N=C(c1cc(N)ncc1Cl)c1ncc(N2CCC3(CCC[C@H]3N)CC2)nc1N. The van der Waals surface area contributed by atoms with E-state index in [4.69, 9.17) is 34.2 Å². The molecule has 28 heavy (non-hydrogen) atoms. The maximum Gasteiger partial charge on any atom is 0.154 e. The fourth-order valence-electron chi connectivity index (χ4n) is 4.48. The van der Waals surface area contributed by atoms with Crippen molar-refractivity contribution < 1.29 is 0 Å². The Hall–Kier alpha value is -2.45. The number of pyridine rings is 1. The molecule has 4 rings (SSSR count).